The number of halogens is 1. The third kappa shape index (κ3) is 3.19. The molecule has 0 spiro atoms. The van der Waals surface area contributed by atoms with Crippen LogP contribution in [0.3, 0.4) is 0 Å². The third-order valence-electron chi connectivity index (χ3n) is 3.71. The number of anilines is 1. The van der Waals surface area contributed by atoms with Crippen LogP contribution in [-0.4, -0.2) is 18.0 Å². The number of rotatable bonds is 2. The lowest BCUT2D eigenvalue weighted by Crippen LogP contribution is -2.36. The standard InChI is InChI=1S/C14H21FN2/c1-14(2)5-7-17(8-6-14)10-11-9-12(15)3-4-13(11)16/h3-4,9H,5-8,10,16H2,1-2H3. The molecule has 1 aromatic rings. The Hall–Kier alpha value is -1.09. The van der Waals surface area contributed by atoms with E-state index in [9.17, 15) is 4.39 Å². The number of nitrogen functional groups attached to an aromatic ring is 1. The zero-order valence-electron chi connectivity index (χ0n) is 10.7. The number of likely N-dealkylation sites (tertiary alicyclic amines) is 1. The first-order valence-electron chi connectivity index (χ1n) is 6.23. The lowest BCUT2D eigenvalue weighted by Gasteiger charge is -2.37. The van der Waals surface area contributed by atoms with Gasteiger partial charge in [0.05, 0.1) is 0 Å². The van der Waals surface area contributed by atoms with Crippen LogP contribution in [0.25, 0.3) is 0 Å². The predicted octanol–water partition coefficient (Wildman–Crippen LogP) is 3.03. The number of hydrogen-bond acceptors (Lipinski definition) is 2. The maximum Gasteiger partial charge on any atom is 0.123 e. The van der Waals surface area contributed by atoms with Gasteiger partial charge in [-0.1, -0.05) is 13.8 Å². The molecule has 0 saturated carbocycles. The van der Waals surface area contributed by atoms with Gasteiger partial charge >= 0.3 is 0 Å². The SMILES string of the molecule is CC1(C)CCN(Cc2cc(F)ccc2N)CC1. The van der Waals surface area contributed by atoms with Crippen molar-refractivity contribution >= 4 is 5.69 Å². The lowest BCUT2D eigenvalue weighted by atomic mass is 9.82. The molecule has 0 aromatic heterocycles. The zero-order valence-corrected chi connectivity index (χ0v) is 10.7. The summed E-state index contributed by atoms with van der Waals surface area (Å²) in [6, 6.07) is 4.62. The monoisotopic (exact) mass is 236 g/mol. The summed E-state index contributed by atoms with van der Waals surface area (Å²) in [4.78, 5) is 2.36. The molecule has 0 amide bonds. The van der Waals surface area contributed by atoms with Crippen molar-refractivity contribution in [2.75, 3.05) is 18.8 Å². The predicted molar refractivity (Wildman–Crippen MR) is 69.1 cm³/mol. The van der Waals surface area contributed by atoms with Crippen molar-refractivity contribution in [2.24, 2.45) is 5.41 Å². The van der Waals surface area contributed by atoms with Gasteiger partial charge in [0.25, 0.3) is 0 Å². The molecule has 0 atom stereocenters. The highest BCUT2D eigenvalue weighted by Crippen LogP contribution is 2.30. The normalized spacial score (nSPS) is 20.4. The van der Waals surface area contributed by atoms with Crippen LogP contribution in [-0.2, 0) is 6.54 Å². The first-order valence-corrected chi connectivity index (χ1v) is 6.23. The minimum atomic E-state index is -0.202. The molecule has 1 aliphatic rings. The van der Waals surface area contributed by atoms with Gasteiger partial charge in [-0.3, -0.25) is 4.90 Å². The van der Waals surface area contributed by atoms with Crippen LogP contribution in [0.2, 0.25) is 0 Å². The summed E-state index contributed by atoms with van der Waals surface area (Å²) in [5.41, 5.74) is 7.91. The smallest absolute Gasteiger partial charge is 0.123 e. The number of hydrogen-bond donors (Lipinski definition) is 1. The molecule has 0 unspecified atom stereocenters. The highest BCUT2D eigenvalue weighted by Gasteiger charge is 2.25. The molecule has 1 aromatic carbocycles. The van der Waals surface area contributed by atoms with E-state index >= 15 is 0 Å². The van der Waals surface area contributed by atoms with Crippen molar-refractivity contribution in [1.82, 2.24) is 4.90 Å². The molecular formula is C14H21FN2. The molecule has 94 valence electrons. The van der Waals surface area contributed by atoms with Gasteiger partial charge in [0, 0.05) is 12.2 Å². The minimum absolute atomic E-state index is 0.202. The number of nitrogens with two attached hydrogens (primary N) is 1. The lowest BCUT2D eigenvalue weighted by molar-refractivity contribution is 0.127. The van der Waals surface area contributed by atoms with Gasteiger partial charge in [0.15, 0.2) is 0 Å². The van der Waals surface area contributed by atoms with E-state index < -0.39 is 0 Å². The molecule has 2 N–H and O–H groups in total. The molecule has 0 bridgehead atoms. The van der Waals surface area contributed by atoms with E-state index in [1.165, 1.54) is 18.9 Å². The topological polar surface area (TPSA) is 29.3 Å². The highest BCUT2D eigenvalue weighted by atomic mass is 19.1. The van der Waals surface area contributed by atoms with Crippen LogP contribution >= 0.6 is 0 Å². The average Bonchev–Trinajstić information content (AvgIpc) is 2.26. The maximum atomic E-state index is 13.2. The Labute approximate surface area is 103 Å². The van der Waals surface area contributed by atoms with Crippen molar-refractivity contribution in [3.8, 4) is 0 Å². The zero-order chi connectivity index (χ0) is 12.5. The summed E-state index contributed by atoms with van der Waals surface area (Å²) >= 11 is 0. The van der Waals surface area contributed by atoms with Crippen molar-refractivity contribution in [1.29, 1.82) is 0 Å². The van der Waals surface area contributed by atoms with E-state index in [0.717, 1.165) is 25.2 Å². The molecule has 17 heavy (non-hydrogen) atoms. The van der Waals surface area contributed by atoms with Crippen LogP contribution < -0.4 is 5.73 Å². The Morgan fingerprint density at radius 1 is 1.29 bits per heavy atom. The maximum absolute atomic E-state index is 13.2. The van der Waals surface area contributed by atoms with Crippen LogP contribution in [0.4, 0.5) is 10.1 Å². The van der Waals surface area contributed by atoms with Crippen molar-refractivity contribution < 1.29 is 4.39 Å². The van der Waals surface area contributed by atoms with Gasteiger partial charge in [-0.15, -0.1) is 0 Å². The van der Waals surface area contributed by atoms with E-state index in [1.54, 1.807) is 12.1 Å². The van der Waals surface area contributed by atoms with Gasteiger partial charge < -0.3 is 5.73 Å². The molecule has 0 radical (unpaired) electrons. The van der Waals surface area contributed by atoms with Crippen molar-refractivity contribution in [2.45, 2.75) is 33.2 Å². The first kappa shape index (κ1) is 12.4. The largest absolute Gasteiger partial charge is 0.398 e. The summed E-state index contributed by atoms with van der Waals surface area (Å²) in [6.45, 7) is 7.52. The summed E-state index contributed by atoms with van der Waals surface area (Å²) in [7, 11) is 0. The van der Waals surface area contributed by atoms with E-state index in [1.807, 2.05) is 0 Å². The fourth-order valence-corrected chi connectivity index (χ4v) is 2.27. The highest BCUT2D eigenvalue weighted by molar-refractivity contribution is 5.46. The minimum Gasteiger partial charge on any atom is -0.398 e. The summed E-state index contributed by atoms with van der Waals surface area (Å²) in [5.74, 6) is -0.202. The van der Waals surface area contributed by atoms with Crippen LogP contribution in [0.15, 0.2) is 18.2 Å². The quantitative estimate of drug-likeness (QED) is 0.800. The molecule has 2 rings (SSSR count). The third-order valence-corrected chi connectivity index (χ3v) is 3.71. The van der Waals surface area contributed by atoms with E-state index in [0.29, 0.717) is 11.1 Å². The number of nitrogens with zero attached hydrogens (tertiary/aromatic N) is 1. The Bertz CT molecular complexity index is 391. The first-order chi connectivity index (χ1) is 7.96. The second kappa shape index (κ2) is 4.65. The van der Waals surface area contributed by atoms with Gasteiger partial charge in [0.2, 0.25) is 0 Å². The number of benzene rings is 1. The number of piperidine rings is 1. The second-order valence-electron chi connectivity index (χ2n) is 5.78. The van der Waals surface area contributed by atoms with Crippen molar-refractivity contribution in [3.63, 3.8) is 0 Å². The van der Waals surface area contributed by atoms with Crippen LogP contribution in [0.1, 0.15) is 32.3 Å². The molecule has 0 aliphatic carbocycles. The molecule has 1 heterocycles. The molecule has 1 fully saturated rings. The van der Waals surface area contributed by atoms with Gasteiger partial charge in [0.1, 0.15) is 5.82 Å². The van der Waals surface area contributed by atoms with Gasteiger partial charge in [-0.2, -0.15) is 0 Å². The summed E-state index contributed by atoms with van der Waals surface area (Å²) in [5, 5.41) is 0. The van der Waals surface area contributed by atoms with E-state index in [4.69, 9.17) is 5.73 Å². The average molecular weight is 236 g/mol. The molecule has 2 nitrogen and oxygen atoms in total. The summed E-state index contributed by atoms with van der Waals surface area (Å²) in [6.07, 6.45) is 2.39. The second-order valence-corrected chi connectivity index (χ2v) is 5.78. The molecule has 3 heteroatoms. The summed E-state index contributed by atoms with van der Waals surface area (Å²) < 4.78 is 13.2. The fourth-order valence-electron chi connectivity index (χ4n) is 2.27. The van der Waals surface area contributed by atoms with Gasteiger partial charge in [-0.25, -0.2) is 4.39 Å². The van der Waals surface area contributed by atoms with Crippen LogP contribution in [0, 0.1) is 11.2 Å². The Balaban J connectivity index is 2.00. The Morgan fingerprint density at radius 2 is 1.94 bits per heavy atom. The molecular weight excluding hydrogens is 215 g/mol. The van der Waals surface area contributed by atoms with E-state index in [2.05, 4.69) is 18.7 Å². The van der Waals surface area contributed by atoms with Crippen LogP contribution in [0.5, 0.6) is 0 Å². The van der Waals surface area contributed by atoms with Gasteiger partial charge in [-0.05, 0) is 55.1 Å². The Morgan fingerprint density at radius 3 is 2.59 bits per heavy atom. The molecule has 1 aliphatic heterocycles. The van der Waals surface area contributed by atoms with E-state index in [-0.39, 0.29) is 5.82 Å². The Kier molecular flexibility index (Phi) is 3.38. The molecule has 1 saturated heterocycles. The fraction of sp³-hybridized carbons (Fsp3) is 0.571. The van der Waals surface area contributed by atoms with Crippen molar-refractivity contribution in [3.05, 3.63) is 29.6 Å².